The van der Waals surface area contributed by atoms with Gasteiger partial charge in [0.1, 0.15) is 17.9 Å². The molecule has 1 atom stereocenters. The van der Waals surface area contributed by atoms with Gasteiger partial charge >= 0.3 is 6.09 Å². The van der Waals surface area contributed by atoms with Crippen LogP contribution in [0.15, 0.2) is 0 Å². The van der Waals surface area contributed by atoms with E-state index in [1.54, 1.807) is 20.8 Å². The zero-order valence-corrected chi connectivity index (χ0v) is 8.90. The minimum atomic E-state index is -0.681. The van der Waals surface area contributed by atoms with Gasteiger partial charge in [0, 0.05) is 0 Å². The van der Waals surface area contributed by atoms with Gasteiger partial charge in [-0.05, 0) is 27.7 Å². The van der Waals surface area contributed by atoms with Crippen LogP contribution in [0.4, 0.5) is 4.79 Å². The lowest BCUT2D eigenvalue weighted by atomic mass is 10.2. The highest BCUT2D eigenvalue weighted by Gasteiger charge is 2.24. The zero-order chi connectivity index (χ0) is 11.4. The van der Waals surface area contributed by atoms with Crippen molar-refractivity contribution in [1.29, 1.82) is 0 Å². The Kier molecular flexibility index (Phi) is 4.52. The van der Waals surface area contributed by atoms with E-state index >= 15 is 0 Å². The summed E-state index contributed by atoms with van der Waals surface area (Å²) >= 11 is 0. The number of ether oxygens (including phenoxy) is 1. The quantitative estimate of drug-likeness (QED) is 0.388. The Morgan fingerprint density at radius 1 is 1.57 bits per heavy atom. The molecule has 0 aromatic rings. The molecule has 3 N–H and O–H groups in total. The van der Waals surface area contributed by atoms with Crippen LogP contribution in [0.3, 0.4) is 0 Å². The van der Waals surface area contributed by atoms with Crippen molar-refractivity contribution in [2.45, 2.75) is 39.3 Å². The molecule has 0 aromatic carbocycles. The van der Waals surface area contributed by atoms with Crippen LogP contribution in [0.2, 0.25) is 0 Å². The number of rotatable bonds is 3. The third kappa shape index (κ3) is 4.20. The van der Waals surface area contributed by atoms with Gasteiger partial charge in [-0.25, -0.2) is 9.80 Å². The van der Waals surface area contributed by atoms with Crippen molar-refractivity contribution in [3.05, 3.63) is 0 Å². The lowest BCUT2D eigenvalue weighted by Gasteiger charge is -2.27. The van der Waals surface area contributed by atoms with Crippen molar-refractivity contribution >= 4 is 12.4 Å². The van der Waals surface area contributed by atoms with Crippen molar-refractivity contribution in [2.75, 3.05) is 0 Å². The fourth-order valence-electron chi connectivity index (χ4n) is 0.709. The summed E-state index contributed by atoms with van der Waals surface area (Å²) in [5.41, 5.74) is 1.49. The van der Waals surface area contributed by atoms with E-state index in [4.69, 9.17) is 10.6 Å². The van der Waals surface area contributed by atoms with Crippen molar-refractivity contribution in [3.63, 3.8) is 0 Å². The number of carbonyl (C=O) groups is 2. The molecule has 0 fully saturated rings. The molecule has 6 nitrogen and oxygen atoms in total. The van der Waals surface area contributed by atoms with E-state index in [2.05, 4.69) is 5.53 Å². The Balaban J connectivity index is 4.40. The third-order valence-corrected chi connectivity index (χ3v) is 1.33. The second-order valence-electron chi connectivity index (χ2n) is 3.86. The molecule has 0 bridgehead atoms. The highest BCUT2D eigenvalue weighted by Crippen LogP contribution is 2.09. The molecule has 82 valence electrons. The highest BCUT2D eigenvalue weighted by atomic mass is 16.6. The predicted octanol–water partition coefficient (Wildman–Crippen LogP) is 0.189. The maximum absolute atomic E-state index is 11.4. The number of nitrogens with two attached hydrogens (primary N) is 1. The molecule has 0 aliphatic carbocycles. The standard InChI is InChI=1S/C8H17N3O3/c1-6(5-12)11(10-9)7(13)14-8(2,3)4/h5-6,10H,9H2,1-4H3. The van der Waals surface area contributed by atoms with Gasteiger partial charge in [0.2, 0.25) is 0 Å². The molecular formula is C8H17N3O3. The smallest absolute Gasteiger partial charge is 0.426 e. The monoisotopic (exact) mass is 203 g/mol. The number of nitrogens with zero attached hydrogens (tertiary/aromatic N) is 1. The largest absolute Gasteiger partial charge is 0.443 e. The number of amides is 1. The maximum Gasteiger partial charge on any atom is 0.426 e. The summed E-state index contributed by atoms with van der Waals surface area (Å²) in [4.78, 5) is 21.8. The summed E-state index contributed by atoms with van der Waals surface area (Å²) in [6.45, 7) is 6.71. The fraction of sp³-hybridized carbons (Fsp3) is 0.750. The Bertz CT molecular complexity index is 212. The van der Waals surface area contributed by atoms with E-state index in [1.165, 1.54) is 6.92 Å². The second kappa shape index (κ2) is 4.92. The SMILES string of the molecule is CC(C=O)N(NN)C(=O)OC(C)(C)C. The van der Waals surface area contributed by atoms with Crippen LogP contribution in [-0.2, 0) is 9.53 Å². The maximum atomic E-state index is 11.4. The first kappa shape index (κ1) is 12.9. The van der Waals surface area contributed by atoms with Gasteiger partial charge in [-0.15, -0.1) is 0 Å². The number of hydrogen-bond acceptors (Lipinski definition) is 5. The third-order valence-electron chi connectivity index (χ3n) is 1.33. The first-order valence-corrected chi connectivity index (χ1v) is 4.25. The molecule has 0 rings (SSSR count). The molecule has 0 aliphatic heterocycles. The van der Waals surface area contributed by atoms with Crippen molar-refractivity contribution in [1.82, 2.24) is 10.5 Å². The number of hydrogen-bond donors (Lipinski definition) is 2. The molecular weight excluding hydrogens is 186 g/mol. The molecule has 0 spiro atoms. The van der Waals surface area contributed by atoms with Gasteiger partial charge in [-0.1, -0.05) is 0 Å². The normalized spacial score (nSPS) is 13.2. The first-order valence-electron chi connectivity index (χ1n) is 4.25. The molecule has 14 heavy (non-hydrogen) atoms. The van der Waals surface area contributed by atoms with E-state index in [1.807, 2.05) is 0 Å². The topological polar surface area (TPSA) is 84.7 Å². The number of hydrazine groups is 2. The molecule has 1 unspecified atom stereocenters. The lowest BCUT2D eigenvalue weighted by Crippen LogP contribution is -2.53. The van der Waals surface area contributed by atoms with Gasteiger partial charge in [-0.2, -0.15) is 5.53 Å². The Morgan fingerprint density at radius 2 is 2.07 bits per heavy atom. The van der Waals surface area contributed by atoms with Crippen molar-refractivity contribution in [2.24, 2.45) is 5.84 Å². The summed E-state index contributed by atoms with van der Waals surface area (Å²) in [6, 6.07) is -0.671. The molecule has 0 heterocycles. The van der Waals surface area contributed by atoms with E-state index in [-0.39, 0.29) is 0 Å². The highest BCUT2D eigenvalue weighted by molar-refractivity contribution is 5.72. The Hall–Kier alpha value is -1.14. The molecule has 0 radical (unpaired) electrons. The van der Waals surface area contributed by atoms with E-state index < -0.39 is 17.7 Å². The average Bonchev–Trinajstić information content (AvgIpc) is 2.01. The van der Waals surface area contributed by atoms with Crippen LogP contribution in [-0.4, -0.2) is 29.0 Å². The van der Waals surface area contributed by atoms with Crippen LogP contribution in [0.1, 0.15) is 27.7 Å². The Morgan fingerprint density at radius 3 is 2.36 bits per heavy atom. The summed E-state index contributed by atoms with van der Waals surface area (Å²) in [5, 5.41) is 0.915. The first-order chi connectivity index (χ1) is 6.31. The number of nitrogens with one attached hydrogen (secondary N) is 1. The minimum absolute atomic E-state index is 0.587. The van der Waals surface area contributed by atoms with Gasteiger partial charge in [0.25, 0.3) is 0 Å². The fourth-order valence-corrected chi connectivity index (χ4v) is 0.709. The lowest BCUT2D eigenvalue weighted by molar-refractivity contribution is -0.113. The summed E-state index contributed by atoms with van der Waals surface area (Å²) in [6.07, 6.45) is -0.0938. The van der Waals surface area contributed by atoms with Crippen LogP contribution in [0, 0.1) is 0 Å². The van der Waals surface area contributed by atoms with Crippen LogP contribution in [0.25, 0.3) is 0 Å². The van der Waals surface area contributed by atoms with Gasteiger partial charge in [0.15, 0.2) is 0 Å². The van der Waals surface area contributed by atoms with Crippen molar-refractivity contribution in [3.8, 4) is 0 Å². The molecule has 0 aromatic heterocycles. The van der Waals surface area contributed by atoms with Crippen LogP contribution < -0.4 is 11.4 Å². The van der Waals surface area contributed by atoms with E-state index in [9.17, 15) is 9.59 Å². The summed E-state index contributed by atoms with van der Waals surface area (Å²) < 4.78 is 5.00. The van der Waals surface area contributed by atoms with Gasteiger partial charge in [0.05, 0.1) is 0 Å². The second-order valence-corrected chi connectivity index (χ2v) is 3.86. The zero-order valence-electron chi connectivity index (χ0n) is 8.90. The molecule has 1 amide bonds. The Labute approximate surface area is 83.3 Å². The predicted molar refractivity (Wildman–Crippen MR) is 50.9 cm³/mol. The summed E-state index contributed by atoms with van der Waals surface area (Å²) in [7, 11) is 0. The van der Waals surface area contributed by atoms with Gasteiger partial charge in [-0.3, -0.25) is 5.84 Å². The van der Waals surface area contributed by atoms with Crippen molar-refractivity contribution < 1.29 is 14.3 Å². The van der Waals surface area contributed by atoms with E-state index in [0.29, 0.717) is 6.29 Å². The number of aldehydes is 1. The van der Waals surface area contributed by atoms with E-state index in [0.717, 1.165) is 5.01 Å². The molecule has 0 saturated carbocycles. The molecule has 6 heteroatoms. The number of carbonyl (C=O) groups excluding carboxylic acids is 2. The minimum Gasteiger partial charge on any atom is -0.443 e. The van der Waals surface area contributed by atoms with Crippen LogP contribution >= 0.6 is 0 Å². The average molecular weight is 203 g/mol. The molecule has 0 saturated heterocycles. The van der Waals surface area contributed by atoms with Gasteiger partial charge < -0.3 is 9.53 Å². The van der Waals surface area contributed by atoms with Crippen LogP contribution in [0.5, 0.6) is 0 Å². The molecule has 0 aliphatic rings. The summed E-state index contributed by atoms with van der Waals surface area (Å²) in [5.74, 6) is 5.09.